The summed E-state index contributed by atoms with van der Waals surface area (Å²) in [5.41, 5.74) is 1.16. The van der Waals surface area contributed by atoms with Crippen LogP contribution in [0.2, 0.25) is 5.15 Å². The van der Waals surface area contributed by atoms with Crippen molar-refractivity contribution in [3.63, 3.8) is 0 Å². The van der Waals surface area contributed by atoms with Crippen molar-refractivity contribution in [2.75, 3.05) is 13.1 Å². The third-order valence-electron chi connectivity index (χ3n) is 3.66. The van der Waals surface area contributed by atoms with Crippen LogP contribution in [-0.4, -0.2) is 51.4 Å². The first kappa shape index (κ1) is 17.0. The Labute approximate surface area is 148 Å². The molecule has 0 bridgehead atoms. The van der Waals surface area contributed by atoms with Gasteiger partial charge in [0, 0.05) is 25.4 Å². The Morgan fingerprint density at radius 1 is 1.44 bits per heavy atom. The van der Waals surface area contributed by atoms with E-state index in [1.54, 1.807) is 16.7 Å². The number of nitrogens with zero attached hydrogens (tertiary/aromatic N) is 3. The fourth-order valence-electron chi connectivity index (χ4n) is 2.45. The van der Waals surface area contributed by atoms with Crippen LogP contribution in [-0.2, 0) is 14.3 Å². The third kappa shape index (κ3) is 3.48. The van der Waals surface area contributed by atoms with Crippen LogP contribution in [0, 0.1) is 0 Å². The maximum Gasteiger partial charge on any atom is 0.331 e. The number of nitrogens with one attached hydrogen (secondary N) is 1. The van der Waals surface area contributed by atoms with Gasteiger partial charge in [-0.1, -0.05) is 17.7 Å². The number of rotatable bonds is 4. The van der Waals surface area contributed by atoms with Gasteiger partial charge in [-0.25, -0.2) is 14.6 Å². The molecule has 1 saturated heterocycles. The summed E-state index contributed by atoms with van der Waals surface area (Å²) in [6.07, 6.45) is 3.32. The molecule has 1 aliphatic rings. The zero-order valence-corrected chi connectivity index (χ0v) is 14.1. The zero-order chi connectivity index (χ0) is 18.0. The predicted molar refractivity (Wildman–Crippen MR) is 89.9 cm³/mol. The van der Waals surface area contributed by atoms with Gasteiger partial charge < -0.3 is 10.1 Å². The monoisotopic (exact) mass is 362 g/mol. The van der Waals surface area contributed by atoms with Crippen molar-refractivity contribution >= 4 is 41.2 Å². The first-order chi connectivity index (χ1) is 12.0. The van der Waals surface area contributed by atoms with E-state index in [9.17, 15) is 14.4 Å². The van der Waals surface area contributed by atoms with Crippen LogP contribution in [0.5, 0.6) is 0 Å². The van der Waals surface area contributed by atoms with Crippen molar-refractivity contribution < 1.29 is 19.1 Å². The van der Waals surface area contributed by atoms with Crippen LogP contribution in [0.4, 0.5) is 4.79 Å². The van der Waals surface area contributed by atoms with Gasteiger partial charge in [0.1, 0.15) is 5.65 Å². The van der Waals surface area contributed by atoms with Gasteiger partial charge in [0.25, 0.3) is 5.91 Å². The first-order valence-corrected chi connectivity index (χ1v) is 7.95. The molecule has 130 valence electrons. The summed E-state index contributed by atoms with van der Waals surface area (Å²) in [7, 11) is 0. The highest BCUT2D eigenvalue weighted by molar-refractivity contribution is 6.31. The highest BCUT2D eigenvalue weighted by atomic mass is 35.5. The predicted octanol–water partition coefficient (Wildman–Crippen LogP) is 1.48. The molecule has 1 aliphatic heterocycles. The van der Waals surface area contributed by atoms with Crippen molar-refractivity contribution in [1.82, 2.24) is 19.6 Å². The molecular weight excluding hydrogens is 348 g/mol. The Kier molecular flexibility index (Phi) is 4.71. The Morgan fingerprint density at radius 3 is 2.96 bits per heavy atom. The van der Waals surface area contributed by atoms with E-state index in [4.69, 9.17) is 16.3 Å². The van der Waals surface area contributed by atoms with E-state index in [0.717, 1.165) is 11.0 Å². The maximum absolute atomic E-state index is 12.1. The summed E-state index contributed by atoms with van der Waals surface area (Å²) in [5.74, 6) is -1.29. The van der Waals surface area contributed by atoms with Crippen molar-refractivity contribution in [3.8, 4) is 0 Å². The summed E-state index contributed by atoms with van der Waals surface area (Å²) in [6.45, 7) is 2.06. The highest BCUT2D eigenvalue weighted by Crippen LogP contribution is 2.19. The molecule has 9 heteroatoms. The summed E-state index contributed by atoms with van der Waals surface area (Å²) < 4.78 is 6.77. The Hall–Kier alpha value is -2.87. The molecule has 2 aromatic rings. The van der Waals surface area contributed by atoms with Crippen LogP contribution in [0.25, 0.3) is 11.7 Å². The highest BCUT2D eigenvalue weighted by Gasteiger charge is 2.31. The number of esters is 1. The second-order valence-corrected chi connectivity index (χ2v) is 5.71. The number of carbonyl (C=O) groups excluding carboxylic acids is 3. The molecule has 2 aromatic heterocycles. The fourth-order valence-corrected chi connectivity index (χ4v) is 2.69. The van der Waals surface area contributed by atoms with Crippen molar-refractivity contribution in [1.29, 1.82) is 0 Å². The third-order valence-corrected chi connectivity index (χ3v) is 3.94. The van der Waals surface area contributed by atoms with E-state index in [0.29, 0.717) is 17.9 Å². The lowest BCUT2D eigenvalue weighted by molar-refractivity contribution is -0.153. The van der Waals surface area contributed by atoms with Gasteiger partial charge in [0.2, 0.25) is 0 Å². The lowest BCUT2D eigenvalue weighted by atomic mass is 10.3. The van der Waals surface area contributed by atoms with Crippen molar-refractivity contribution in [2.45, 2.75) is 13.0 Å². The molecule has 1 fully saturated rings. The van der Waals surface area contributed by atoms with Gasteiger partial charge >= 0.3 is 12.0 Å². The van der Waals surface area contributed by atoms with Gasteiger partial charge in [-0.15, -0.1) is 0 Å². The molecule has 0 saturated carbocycles. The molecule has 3 amide bonds. The smallest absolute Gasteiger partial charge is 0.331 e. The summed E-state index contributed by atoms with van der Waals surface area (Å²) in [5, 5.41) is 2.76. The van der Waals surface area contributed by atoms with Gasteiger partial charge in [0.05, 0.1) is 5.69 Å². The number of hydrogen-bond acceptors (Lipinski definition) is 5. The normalized spacial score (nSPS) is 15.6. The number of carbonyl (C=O) groups is 3. The number of aromatic nitrogens is 2. The first-order valence-electron chi connectivity index (χ1n) is 7.58. The molecule has 3 rings (SSSR count). The van der Waals surface area contributed by atoms with E-state index in [-0.39, 0.29) is 11.7 Å². The minimum absolute atomic E-state index is 0.244. The molecule has 0 spiro atoms. The Bertz CT molecular complexity index is 876. The van der Waals surface area contributed by atoms with E-state index >= 15 is 0 Å². The minimum atomic E-state index is -1.07. The van der Waals surface area contributed by atoms with E-state index in [1.807, 2.05) is 12.1 Å². The largest absolute Gasteiger partial charge is 0.449 e. The topological polar surface area (TPSA) is 93.0 Å². The summed E-state index contributed by atoms with van der Waals surface area (Å²) >= 11 is 6.07. The number of hydrogen-bond donors (Lipinski definition) is 1. The minimum Gasteiger partial charge on any atom is -0.449 e. The number of pyridine rings is 1. The average molecular weight is 363 g/mol. The number of urea groups is 1. The quantitative estimate of drug-likeness (QED) is 0.657. The number of halogens is 1. The number of fused-ring (bicyclic) bond motifs is 1. The van der Waals surface area contributed by atoms with Gasteiger partial charge in [0.15, 0.2) is 11.3 Å². The second kappa shape index (κ2) is 6.94. The SMILES string of the molecule is C[C@H](OC(=O)/C=C/c1c(Cl)nc2ccccn12)C(=O)N1CCNC1=O. The van der Waals surface area contributed by atoms with Crippen LogP contribution in [0.15, 0.2) is 30.5 Å². The van der Waals surface area contributed by atoms with Gasteiger partial charge in [-0.3, -0.25) is 14.1 Å². The molecule has 0 unspecified atom stereocenters. The standard InChI is InChI=1S/C16H15ClN4O4/c1-10(15(23)21-9-7-18-16(21)24)25-13(22)6-5-11-14(17)19-12-4-2-3-8-20(11)12/h2-6,8,10H,7,9H2,1H3,(H,18,24)/b6-5+/t10-/m0/s1. The van der Waals surface area contributed by atoms with E-state index in [2.05, 4.69) is 10.3 Å². The van der Waals surface area contributed by atoms with E-state index < -0.39 is 24.0 Å². The lowest BCUT2D eigenvalue weighted by Crippen LogP contribution is -2.41. The Balaban J connectivity index is 1.67. The summed E-state index contributed by atoms with van der Waals surface area (Å²) in [6, 6.07) is 4.93. The van der Waals surface area contributed by atoms with Crippen molar-refractivity contribution in [3.05, 3.63) is 41.3 Å². The number of ether oxygens (including phenoxy) is 1. The lowest BCUT2D eigenvalue weighted by Gasteiger charge is -2.17. The molecule has 25 heavy (non-hydrogen) atoms. The van der Waals surface area contributed by atoms with E-state index in [1.165, 1.54) is 13.0 Å². The maximum atomic E-state index is 12.1. The molecule has 1 atom stereocenters. The number of imide groups is 1. The van der Waals surface area contributed by atoms with Crippen molar-refractivity contribution in [2.24, 2.45) is 0 Å². The summed E-state index contributed by atoms with van der Waals surface area (Å²) in [4.78, 5) is 40.7. The van der Waals surface area contributed by atoms with Crippen LogP contribution in [0.3, 0.4) is 0 Å². The fraction of sp³-hybridized carbons (Fsp3) is 0.250. The zero-order valence-electron chi connectivity index (χ0n) is 13.3. The van der Waals surface area contributed by atoms with Gasteiger partial charge in [-0.05, 0) is 25.1 Å². The second-order valence-electron chi connectivity index (χ2n) is 5.35. The molecule has 0 aliphatic carbocycles. The molecule has 8 nitrogen and oxygen atoms in total. The number of imidazole rings is 1. The molecular formula is C16H15ClN4O4. The average Bonchev–Trinajstić information content (AvgIpc) is 3.14. The number of amides is 3. The Morgan fingerprint density at radius 2 is 2.24 bits per heavy atom. The van der Waals surface area contributed by atoms with Gasteiger partial charge in [-0.2, -0.15) is 0 Å². The van der Waals surface area contributed by atoms with Crippen LogP contribution < -0.4 is 5.32 Å². The molecule has 0 radical (unpaired) electrons. The molecule has 1 N–H and O–H groups in total. The van der Waals surface area contributed by atoms with Crippen LogP contribution in [0.1, 0.15) is 12.6 Å². The van der Waals surface area contributed by atoms with Crippen LogP contribution >= 0.6 is 11.6 Å². The molecule has 0 aromatic carbocycles. The molecule has 3 heterocycles.